The Bertz CT molecular complexity index is 1130. The first-order valence-electron chi connectivity index (χ1n) is 12.6. The van der Waals surface area contributed by atoms with Crippen LogP contribution in [0, 0.1) is 0 Å². The predicted molar refractivity (Wildman–Crippen MR) is 143 cm³/mol. The molecule has 0 aromatic heterocycles. The number of aliphatic carboxylic acids is 1. The molecule has 12 nitrogen and oxygen atoms in total. The Morgan fingerprint density at radius 1 is 0.775 bits per heavy atom. The van der Waals surface area contributed by atoms with Crippen molar-refractivity contribution in [3.63, 3.8) is 0 Å². The summed E-state index contributed by atoms with van der Waals surface area (Å²) in [5.74, 6) is -2.99. The molecule has 4 N–H and O–H groups in total. The smallest absolute Gasteiger partial charge is 0.408 e. The van der Waals surface area contributed by atoms with Crippen LogP contribution in [0.3, 0.4) is 0 Å². The Labute approximate surface area is 232 Å². The minimum atomic E-state index is -1.90. The quantitative estimate of drug-likeness (QED) is 0.164. The standard InChI is InChI=1S/C28H35N3O9/c1-28(2,3)40-21(32)15-10-16-29-24(33)22(30-26(36)38-17-19-11-6-4-7-12-19)23(25(34)35)31-27(37)39-18-20-13-8-5-9-14-20/h4-9,11-14,22-23H,10,15-18H2,1-3H3,(H,29,33)(H,30,36)(H,31,37)(H,34,35). The van der Waals surface area contributed by atoms with Gasteiger partial charge in [-0.3, -0.25) is 9.59 Å². The van der Waals surface area contributed by atoms with E-state index in [9.17, 15) is 29.1 Å². The Balaban J connectivity index is 2.05. The van der Waals surface area contributed by atoms with Crippen molar-refractivity contribution in [3.05, 3.63) is 71.8 Å². The molecule has 3 amide bonds. The Morgan fingerprint density at radius 2 is 1.25 bits per heavy atom. The van der Waals surface area contributed by atoms with Crippen molar-refractivity contribution in [2.45, 2.75) is 64.5 Å². The Hall–Kier alpha value is -4.61. The first kappa shape index (κ1) is 31.6. The Morgan fingerprint density at radius 3 is 1.70 bits per heavy atom. The lowest BCUT2D eigenvalue weighted by atomic mass is 10.1. The molecule has 0 aliphatic rings. The van der Waals surface area contributed by atoms with E-state index in [-0.39, 0.29) is 32.6 Å². The number of hydrogen-bond donors (Lipinski definition) is 4. The summed E-state index contributed by atoms with van der Waals surface area (Å²) in [6, 6.07) is 13.7. The maximum Gasteiger partial charge on any atom is 0.408 e. The highest BCUT2D eigenvalue weighted by Gasteiger charge is 2.37. The van der Waals surface area contributed by atoms with Gasteiger partial charge in [0.1, 0.15) is 24.9 Å². The minimum absolute atomic E-state index is 0.00117. The van der Waals surface area contributed by atoms with Crippen LogP contribution < -0.4 is 16.0 Å². The van der Waals surface area contributed by atoms with Gasteiger partial charge >= 0.3 is 24.1 Å². The topological polar surface area (TPSA) is 169 Å². The fourth-order valence-corrected chi connectivity index (χ4v) is 3.32. The normalized spacial score (nSPS) is 12.3. The van der Waals surface area contributed by atoms with E-state index in [0.29, 0.717) is 11.1 Å². The second-order valence-electron chi connectivity index (χ2n) is 9.69. The van der Waals surface area contributed by atoms with Crippen molar-refractivity contribution in [3.8, 4) is 0 Å². The fourth-order valence-electron chi connectivity index (χ4n) is 3.32. The van der Waals surface area contributed by atoms with E-state index in [4.69, 9.17) is 14.2 Å². The van der Waals surface area contributed by atoms with Crippen LogP contribution in [0.25, 0.3) is 0 Å². The van der Waals surface area contributed by atoms with Crippen molar-refractivity contribution < 1.29 is 43.3 Å². The van der Waals surface area contributed by atoms with Gasteiger partial charge in [-0.2, -0.15) is 0 Å². The molecule has 2 unspecified atom stereocenters. The molecule has 0 heterocycles. The summed E-state index contributed by atoms with van der Waals surface area (Å²) < 4.78 is 15.4. The number of carboxylic acids is 1. The zero-order chi connectivity index (χ0) is 29.5. The van der Waals surface area contributed by atoms with E-state index in [2.05, 4.69) is 16.0 Å². The Kier molecular flexibility index (Phi) is 12.4. The largest absolute Gasteiger partial charge is 0.480 e. The van der Waals surface area contributed by atoms with Gasteiger partial charge in [0.15, 0.2) is 6.04 Å². The van der Waals surface area contributed by atoms with E-state index >= 15 is 0 Å². The van der Waals surface area contributed by atoms with E-state index in [0.717, 1.165) is 0 Å². The summed E-state index contributed by atoms with van der Waals surface area (Å²) in [7, 11) is 0. The van der Waals surface area contributed by atoms with E-state index < -0.39 is 47.7 Å². The lowest BCUT2D eigenvalue weighted by Gasteiger charge is -2.25. The zero-order valence-corrected chi connectivity index (χ0v) is 22.7. The van der Waals surface area contributed by atoms with Gasteiger partial charge in [-0.1, -0.05) is 60.7 Å². The molecule has 0 saturated heterocycles. The van der Waals surface area contributed by atoms with Gasteiger partial charge in [0.05, 0.1) is 0 Å². The van der Waals surface area contributed by atoms with Crippen molar-refractivity contribution in [1.82, 2.24) is 16.0 Å². The summed E-state index contributed by atoms with van der Waals surface area (Å²) in [4.78, 5) is 61.8. The number of rotatable bonds is 13. The molecule has 2 aromatic carbocycles. The molecule has 0 bridgehead atoms. The van der Waals surface area contributed by atoms with E-state index in [1.807, 2.05) is 0 Å². The van der Waals surface area contributed by atoms with E-state index in [1.165, 1.54) is 0 Å². The molecule has 0 fully saturated rings. The molecule has 12 heteroatoms. The number of amides is 3. The average molecular weight is 558 g/mol. The zero-order valence-electron chi connectivity index (χ0n) is 22.7. The number of carboxylic acid groups (broad SMARTS) is 1. The third kappa shape index (κ3) is 12.3. The summed E-state index contributed by atoms with van der Waals surface area (Å²) in [5, 5.41) is 16.6. The summed E-state index contributed by atoms with van der Waals surface area (Å²) in [6.45, 7) is 4.87. The van der Waals surface area contributed by atoms with Gasteiger partial charge in [0, 0.05) is 13.0 Å². The van der Waals surface area contributed by atoms with Gasteiger partial charge in [0.2, 0.25) is 5.91 Å². The molecule has 2 atom stereocenters. The maximum atomic E-state index is 13.0. The minimum Gasteiger partial charge on any atom is -0.480 e. The molecule has 2 rings (SSSR count). The van der Waals surface area contributed by atoms with Gasteiger partial charge in [-0.15, -0.1) is 0 Å². The second-order valence-corrected chi connectivity index (χ2v) is 9.69. The first-order valence-corrected chi connectivity index (χ1v) is 12.6. The van der Waals surface area contributed by atoms with Gasteiger partial charge in [0.25, 0.3) is 0 Å². The average Bonchev–Trinajstić information content (AvgIpc) is 2.90. The number of benzene rings is 2. The SMILES string of the molecule is CC(C)(C)OC(=O)CCCNC(=O)C(NC(=O)OCc1ccccc1)C(NC(=O)OCc1ccccc1)C(=O)O. The van der Waals surface area contributed by atoms with Gasteiger partial charge in [-0.05, 0) is 38.3 Å². The van der Waals surface area contributed by atoms with Crippen LogP contribution in [0.2, 0.25) is 0 Å². The number of esters is 1. The third-order valence-corrected chi connectivity index (χ3v) is 5.13. The molecule has 2 aromatic rings. The molecule has 0 aliphatic heterocycles. The van der Waals surface area contributed by atoms with Crippen LogP contribution >= 0.6 is 0 Å². The molecule has 216 valence electrons. The number of carbonyl (C=O) groups is 5. The van der Waals surface area contributed by atoms with Gasteiger partial charge in [-0.25, -0.2) is 14.4 Å². The van der Waals surface area contributed by atoms with Crippen molar-refractivity contribution >= 4 is 30.0 Å². The lowest BCUT2D eigenvalue weighted by Crippen LogP contribution is -2.61. The van der Waals surface area contributed by atoms with Crippen molar-refractivity contribution in [2.75, 3.05) is 6.54 Å². The first-order chi connectivity index (χ1) is 18.9. The monoisotopic (exact) mass is 557 g/mol. The van der Waals surface area contributed by atoms with Crippen molar-refractivity contribution in [2.24, 2.45) is 0 Å². The van der Waals surface area contributed by atoms with Crippen LogP contribution in [0.1, 0.15) is 44.7 Å². The number of nitrogens with one attached hydrogen (secondary N) is 3. The van der Waals surface area contributed by atoms with Gasteiger partial charge < -0.3 is 35.3 Å². The van der Waals surface area contributed by atoms with E-state index in [1.54, 1.807) is 81.4 Å². The molecular formula is C28H35N3O9. The number of carbonyl (C=O) groups excluding carboxylic acids is 4. The number of alkyl carbamates (subject to hydrolysis) is 2. The molecular weight excluding hydrogens is 522 g/mol. The molecule has 0 aliphatic carbocycles. The highest BCUT2D eigenvalue weighted by Crippen LogP contribution is 2.09. The molecule has 0 saturated carbocycles. The molecule has 0 spiro atoms. The van der Waals surface area contributed by atoms with Crippen LogP contribution in [-0.2, 0) is 41.8 Å². The second kappa shape index (κ2) is 15.7. The summed E-state index contributed by atoms with van der Waals surface area (Å²) in [6.07, 6.45) is -2.00. The third-order valence-electron chi connectivity index (χ3n) is 5.13. The summed E-state index contributed by atoms with van der Waals surface area (Å²) >= 11 is 0. The van der Waals surface area contributed by atoms with Crippen LogP contribution in [0.15, 0.2) is 60.7 Å². The van der Waals surface area contributed by atoms with Crippen LogP contribution in [0.5, 0.6) is 0 Å². The summed E-state index contributed by atoms with van der Waals surface area (Å²) in [5.41, 5.74) is 0.662. The molecule has 0 radical (unpaired) electrons. The predicted octanol–water partition coefficient (Wildman–Crippen LogP) is 2.90. The number of hydrogen-bond acceptors (Lipinski definition) is 8. The molecule has 40 heavy (non-hydrogen) atoms. The number of ether oxygens (including phenoxy) is 3. The highest BCUT2D eigenvalue weighted by atomic mass is 16.6. The maximum absolute atomic E-state index is 13.0. The van der Waals surface area contributed by atoms with Crippen LogP contribution in [0.4, 0.5) is 9.59 Å². The fraction of sp³-hybridized carbons (Fsp3) is 0.393. The van der Waals surface area contributed by atoms with Crippen molar-refractivity contribution in [1.29, 1.82) is 0 Å². The van der Waals surface area contributed by atoms with Crippen LogP contribution in [-0.4, -0.2) is 59.4 Å². The lowest BCUT2D eigenvalue weighted by molar-refractivity contribution is -0.155. The highest BCUT2D eigenvalue weighted by molar-refractivity contribution is 5.93.